The van der Waals surface area contributed by atoms with Gasteiger partial charge in [-0.15, -0.1) is 0 Å². The maximum Gasteiger partial charge on any atom is 0.229 e. The normalized spacial score (nSPS) is 30.5. The quantitative estimate of drug-likeness (QED) is 0.746. The smallest absolute Gasteiger partial charge is 0.229 e. The Kier molecular flexibility index (Phi) is 4.11. The molecule has 0 saturated heterocycles. The van der Waals surface area contributed by atoms with Crippen molar-refractivity contribution in [1.82, 2.24) is 4.90 Å². The standard InChI is InChI=1S/C11H22N2O2/c1-11(6-4-5-9(11)12)10(14)13(2)7-8-15-3/h9H,4-8,12H2,1-3H3. The first-order valence-electron chi connectivity index (χ1n) is 5.52. The van der Waals surface area contributed by atoms with Crippen LogP contribution in [0.5, 0.6) is 0 Å². The summed E-state index contributed by atoms with van der Waals surface area (Å²) in [6.45, 7) is 3.20. The van der Waals surface area contributed by atoms with Gasteiger partial charge in [-0.2, -0.15) is 0 Å². The highest BCUT2D eigenvalue weighted by atomic mass is 16.5. The Morgan fingerprint density at radius 1 is 1.67 bits per heavy atom. The minimum Gasteiger partial charge on any atom is -0.383 e. The van der Waals surface area contributed by atoms with Crippen molar-refractivity contribution in [2.24, 2.45) is 11.1 Å². The van der Waals surface area contributed by atoms with E-state index in [-0.39, 0.29) is 17.4 Å². The van der Waals surface area contributed by atoms with Crippen molar-refractivity contribution in [1.29, 1.82) is 0 Å². The van der Waals surface area contributed by atoms with E-state index in [1.165, 1.54) is 0 Å². The zero-order valence-corrected chi connectivity index (χ0v) is 9.95. The van der Waals surface area contributed by atoms with Gasteiger partial charge >= 0.3 is 0 Å². The van der Waals surface area contributed by atoms with Crippen LogP contribution < -0.4 is 5.73 Å². The third-order valence-corrected chi connectivity index (χ3v) is 3.50. The van der Waals surface area contributed by atoms with E-state index >= 15 is 0 Å². The molecule has 4 heteroatoms. The summed E-state index contributed by atoms with van der Waals surface area (Å²) in [6.07, 6.45) is 2.92. The lowest BCUT2D eigenvalue weighted by atomic mass is 9.83. The van der Waals surface area contributed by atoms with Gasteiger partial charge in [0, 0.05) is 26.7 Å². The maximum atomic E-state index is 12.2. The molecule has 0 bridgehead atoms. The number of ether oxygens (including phenoxy) is 1. The van der Waals surface area contributed by atoms with Crippen LogP contribution in [0.2, 0.25) is 0 Å². The average molecular weight is 214 g/mol. The number of carbonyl (C=O) groups is 1. The number of hydrogen-bond acceptors (Lipinski definition) is 3. The van der Waals surface area contributed by atoms with Gasteiger partial charge in [-0.05, 0) is 19.8 Å². The second-order valence-corrected chi connectivity index (χ2v) is 4.64. The van der Waals surface area contributed by atoms with Crippen molar-refractivity contribution in [2.45, 2.75) is 32.2 Å². The second-order valence-electron chi connectivity index (χ2n) is 4.64. The summed E-state index contributed by atoms with van der Waals surface area (Å²) in [5.41, 5.74) is 5.64. The molecule has 0 aromatic rings. The third-order valence-electron chi connectivity index (χ3n) is 3.50. The molecule has 0 aromatic heterocycles. The highest BCUT2D eigenvalue weighted by Gasteiger charge is 2.44. The van der Waals surface area contributed by atoms with Gasteiger partial charge in [0.2, 0.25) is 5.91 Å². The molecule has 2 unspecified atom stereocenters. The fourth-order valence-corrected chi connectivity index (χ4v) is 2.22. The van der Waals surface area contributed by atoms with Crippen molar-refractivity contribution >= 4 is 5.91 Å². The van der Waals surface area contributed by atoms with Crippen molar-refractivity contribution in [2.75, 3.05) is 27.3 Å². The third kappa shape index (κ3) is 2.49. The molecule has 0 aliphatic heterocycles. The first kappa shape index (κ1) is 12.5. The predicted molar refractivity (Wildman–Crippen MR) is 59.4 cm³/mol. The van der Waals surface area contributed by atoms with Gasteiger partial charge in [-0.25, -0.2) is 0 Å². The maximum absolute atomic E-state index is 12.2. The molecular weight excluding hydrogens is 192 g/mol. The molecular formula is C11H22N2O2. The molecule has 1 aliphatic rings. The Labute approximate surface area is 91.8 Å². The van der Waals surface area contributed by atoms with Crippen molar-refractivity contribution in [3.05, 3.63) is 0 Å². The summed E-state index contributed by atoms with van der Waals surface area (Å²) in [7, 11) is 3.46. The molecule has 15 heavy (non-hydrogen) atoms. The van der Waals surface area contributed by atoms with Crippen LogP contribution in [0.15, 0.2) is 0 Å². The molecule has 0 spiro atoms. The summed E-state index contributed by atoms with van der Waals surface area (Å²) < 4.78 is 4.96. The van der Waals surface area contributed by atoms with Crippen LogP contribution in [-0.4, -0.2) is 44.2 Å². The zero-order chi connectivity index (χ0) is 11.5. The number of methoxy groups -OCH3 is 1. The molecule has 2 atom stereocenters. The van der Waals surface area contributed by atoms with E-state index in [2.05, 4.69) is 0 Å². The highest BCUT2D eigenvalue weighted by molar-refractivity contribution is 5.83. The number of nitrogens with zero attached hydrogens (tertiary/aromatic N) is 1. The summed E-state index contributed by atoms with van der Waals surface area (Å²) >= 11 is 0. The lowest BCUT2D eigenvalue weighted by Crippen LogP contribution is -2.48. The number of rotatable bonds is 4. The van der Waals surface area contributed by atoms with Gasteiger partial charge in [-0.1, -0.05) is 6.42 Å². The van der Waals surface area contributed by atoms with Crippen LogP contribution in [0.3, 0.4) is 0 Å². The van der Waals surface area contributed by atoms with E-state index in [0.717, 1.165) is 19.3 Å². The average Bonchev–Trinajstić information content (AvgIpc) is 2.56. The summed E-state index contributed by atoms with van der Waals surface area (Å²) in [6, 6.07) is 0.00925. The summed E-state index contributed by atoms with van der Waals surface area (Å²) in [5.74, 6) is 0.157. The van der Waals surface area contributed by atoms with Crippen LogP contribution in [-0.2, 0) is 9.53 Å². The fourth-order valence-electron chi connectivity index (χ4n) is 2.22. The van der Waals surface area contributed by atoms with Crippen molar-refractivity contribution in [3.63, 3.8) is 0 Å². The van der Waals surface area contributed by atoms with E-state index in [1.54, 1.807) is 12.0 Å². The topological polar surface area (TPSA) is 55.6 Å². The Bertz CT molecular complexity index is 233. The van der Waals surface area contributed by atoms with Gasteiger partial charge in [0.15, 0.2) is 0 Å². The van der Waals surface area contributed by atoms with Gasteiger partial charge in [0.25, 0.3) is 0 Å². The first-order valence-corrected chi connectivity index (χ1v) is 5.52. The molecule has 0 radical (unpaired) electrons. The van der Waals surface area contributed by atoms with Gasteiger partial charge < -0.3 is 15.4 Å². The van der Waals surface area contributed by atoms with E-state index in [4.69, 9.17) is 10.5 Å². The number of hydrogen-bond donors (Lipinski definition) is 1. The van der Waals surface area contributed by atoms with Crippen LogP contribution in [0, 0.1) is 5.41 Å². The highest BCUT2D eigenvalue weighted by Crippen LogP contribution is 2.38. The SMILES string of the molecule is COCCN(C)C(=O)C1(C)CCCC1N. The Balaban J connectivity index is 2.58. The minimum atomic E-state index is -0.359. The number of likely N-dealkylation sites (N-methyl/N-ethyl adjacent to an activating group) is 1. The lowest BCUT2D eigenvalue weighted by molar-refractivity contribution is -0.140. The largest absolute Gasteiger partial charge is 0.383 e. The molecule has 4 nitrogen and oxygen atoms in total. The van der Waals surface area contributed by atoms with Crippen LogP contribution in [0.1, 0.15) is 26.2 Å². The van der Waals surface area contributed by atoms with Gasteiger partial charge in [-0.3, -0.25) is 4.79 Å². The number of amides is 1. The second kappa shape index (κ2) is 4.94. The van der Waals surface area contributed by atoms with E-state index in [9.17, 15) is 4.79 Å². The molecule has 0 aromatic carbocycles. The number of nitrogens with two attached hydrogens (primary N) is 1. The first-order chi connectivity index (χ1) is 7.02. The van der Waals surface area contributed by atoms with Crippen LogP contribution in [0.4, 0.5) is 0 Å². The fraction of sp³-hybridized carbons (Fsp3) is 0.909. The molecule has 2 N–H and O–H groups in total. The van der Waals surface area contributed by atoms with E-state index in [0.29, 0.717) is 13.2 Å². The Morgan fingerprint density at radius 3 is 2.80 bits per heavy atom. The predicted octanol–water partition coefficient (Wildman–Crippen LogP) is 0.609. The number of carbonyl (C=O) groups excluding carboxylic acids is 1. The lowest BCUT2D eigenvalue weighted by Gasteiger charge is -2.32. The van der Waals surface area contributed by atoms with Crippen LogP contribution >= 0.6 is 0 Å². The summed E-state index contributed by atoms with van der Waals surface area (Å²) in [5, 5.41) is 0. The van der Waals surface area contributed by atoms with Gasteiger partial charge in [0.1, 0.15) is 0 Å². The van der Waals surface area contributed by atoms with Crippen molar-refractivity contribution < 1.29 is 9.53 Å². The molecule has 1 fully saturated rings. The Morgan fingerprint density at radius 2 is 2.33 bits per heavy atom. The molecule has 1 rings (SSSR count). The van der Waals surface area contributed by atoms with E-state index < -0.39 is 0 Å². The zero-order valence-electron chi connectivity index (χ0n) is 9.95. The Hall–Kier alpha value is -0.610. The molecule has 88 valence electrons. The molecule has 1 amide bonds. The van der Waals surface area contributed by atoms with Crippen LogP contribution in [0.25, 0.3) is 0 Å². The van der Waals surface area contributed by atoms with Gasteiger partial charge in [0.05, 0.1) is 12.0 Å². The summed E-state index contributed by atoms with van der Waals surface area (Å²) in [4.78, 5) is 13.9. The molecule has 1 aliphatic carbocycles. The molecule has 1 saturated carbocycles. The molecule has 0 heterocycles. The van der Waals surface area contributed by atoms with Crippen molar-refractivity contribution in [3.8, 4) is 0 Å². The monoisotopic (exact) mass is 214 g/mol. The minimum absolute atomic E-state index is 0.00925. The van der Waals surface area contributed by atoms with E-state index in [1.807, 2.05) is 14.0 Å².